The number of fused-ring (bicyclic) bond motifs is 3. The first-order valence-corrected chi connectivity index (χ1v) is 13.1. The van der Waals surface area contributed by atoms with E-state index in [0.29, 0.717) is 23.3 Å². The van der Waals surface area contributed by atoms with Crippen LogP contribution in [0.1, 0.15) is 78.2 Å². The highest BCUT2D eigenvalue weighted by molar-refractivity contribution is 5.66. The van der Waals surface area contributed by atoms with E-state index in [-0.39, 0.29) is 22.9 Å². The molecule has 5 nitrogen and oxygen atoms in total. The number of anilines is 1. The molecule has 3 aliphatic carbocycles. The largest absolute Gasteiger partial charge is 0.462 e. The van der Waals surface area contributed by atoms with Crippen molar-refractivity contribution in [3.63, 3.8) is 0 Å². The molecule has 0 saturated heterocycles. The van der Waals surface area contributed by atoms with Crippen LogP contribution in [0.5, 0.6) is 0 Å². The highest BCUT2D eigenvalue weighted by atomic mass is 16.5. The van der Waals surface area contributed by atoms with Gasteiger partial charge >= 0.3 is 5.97 Å². The molecule has 5 heteroatoms. The molecule has 1 N–H and O–H groups in total. The molecule has 1 aromatic carbocycles. The lowest BCUT2D eigenvalue weighted by molar-refractivity contribution is -0.148. The van der Waals surface area contributed by atoms with Crippen LogP contribution in [0.15, 0.2) is 53.2 Å². The van der Waals surface area contributed by atoms with Gasteiger partial charge < -0.3 is 4.74 Å². The fourth-order valence-corrected chi connectivity index (χ4v) is 7.25. The summed E-state index contributed by atoms with van der Waals surface area (Å²) in [5, 5.41) is 13.5. The smallest absolute Gasteiger partial charge is 0.302 e. The van der Waals surface area contributed by atoms with Gasteiger partial charge in [0.15, 0.2) is 0 Å². The van der Waals surface area contributed by atoms with Crippen LogP contribution < -0.4 is 5.43 Å². The van der Waals surface area contributed by atoms with Gasteiger partial charge in [-0.15, -0.1) is 0 Å². The Bertz CT molecular complexity index is 1050. The SMILES string of the molecule is C/C=C/[C@@]1(C)CC[C@H]2[C@@H](CC=C3C[C@@H](OC(C)=O)CC[C@@]32C)[C@@H]1C/C=N/Nc1ccc(C#N)cc1. The summed E-state index contributed by atoms with van der Waals surface area (Å²) in [7, 11) is 0. The summed E-state index contributed by atoms with van der Waals surface area (Å²) < 4.78 is 5.59. The second-order valence-electron chi connectivity index (χ2n) is 11.1. The minimum atomic E-state index is -0.165. The number of hydrogen-bond acceptors (Lipinski definition) is 5. The van der Waals surface area contributed by atoms with E-state index in [0.717, 1.165) is 37.8 Å². The molecule has 0 spiro atoms. The number of rotatable bonds is 6. The van der Waals surface area contributed by atoms with Gasteiger partial charge in [0.25, 0.3) is 0 Å². The summed E-state index contributed by atoms with van der Waals surface area (Å²) in [4.78, 5) is 11.5. The van der Waals surface area contributed by atoms with Gasteiger partial charge in [0.1, 0.15) is 6.10 Å². The minimum Gasteiger partial charge on any atom is -0.462 e. The summed E-state index contributed by atoms with van der Waals surface area (Å²) >= 11 is 0. The lowest BCUT2D eigenvalue weighted by Crippen LogP contribution is -2.50. The normalized spacial score (nSPS) is 34.5. The zero-order valence-corrected chi connectivity index (χ0v) is 21.6. The lowest BCUT2D eigenvalue weighted by Gasteiger charge is -2.58. The van der Waals surface area contributed by atoms with Crippen LogP contribution in [0.4, 0.5) is 5.69 Å². The zero-order chi connectivity index (χ0) is 25.1. The van der Waals surface area contributed by atoms with Gasteiger partial charge in [-0.2, -0.15) is 10.4 Å². The number of nitriles is 1. The summed E-state index contributed by atoms with van der Waals surface area (Å²) in [6, 6.07) is 9.52. The zero-order valence-electron chi connectivity index (χ0n) is 21.6. The Morgan fingerprint density at radius 2 is 2.03 bits per heavy atom. The van der Waals surface area contributed by atoms with Crippen molar-refractivity contribution in [3.8, 4) is 6.07 Å². The average Bonchev–Trinajstić information content (AvgIpc) is 2.83. The molecule has 0 amide bonds. The van der Waals surface area contributed by atoms with E-state index in [2.05, 4.69) is 55.6 Å². The van der Waals surface area contributed by atoms with Crippen molar-refractivity contribution in [2.75, 3.05) is 5.43 Å². The highest BCUT2D eigenvalue weighted by Gasteiger charge is 2.54. The van der Waals surface area contributed by atoms with E-state index >= 15 is 0 Å². The number of allylic oxidation sites excluding steroid dienone is 3. The molecule has 35 heavy (non-hydrogen) atoms. The molecule has 0 aliphatic heterocycles. The van der Waals surface area contributed by atoms with E-state index < -0.39 is 0 Å². The molecule has 4 rings (SSSR count). The average molecular weight is 474 g/mol. The molecule has 1 aromatic rings. The molecule has 0 bridgehead atoms. The maximum atomic E-state index is 11.5. The molecular formula is C30H39N3O2. The minimum absolute atomic E-state index is 0.0384. The number of hydrogen-bond donors (Lipinski definition) is 1. The van der Waals surface area contributed by atoms with Gasteiger partial charge in [0.05, 0.1) is 17.3 Å². The Balaban J connectivity index is 1.51. The number of nitrogens with zero attached hydrogens (tertiary/aromatic N) is 2. The number of esters is 1. The molecule has 0 radical (unpaired) electrons. The van der Waals surface area contributed by atoms with Crippen LogP contribution in [0.25, 0.3) is 0 Å². The third-order valence-corrected chi connectivity index (χ3v) is 9.03. The molecule has 0 heterocycles. The van der Waals surface area contributed by atoms with Crippen LogP contribution in [0.2, 0.25) is 0 Å². The maximum Gasteiger partial charge on any atom is 0.302 e. The monoisotopic (exact) mass is 473 g/mol. The first-order valence-electron chi connectivity index (χ1n) is 13.1. The Morgan fingerprint density at radius 1 is 1.26 bits per heavy atom. The van der Waals surface area contributed by atoms with E-state index in [1.165, 1.54) is 25.3 Å². The van der Waals surface area contributed by atoms with Crippen molar-refractivity contribution in [3.05, 3.63) is 53.6 Å². The van der Waals surface area contributed by atoms with Crippen LogP contribution in [0.3, 0.4) is 0 Å². The Morgan fingerprint density at radius 3 is 2.71 bits per heavy atom. The van der Waals surface area contributed by atoms with Crippen molar-refractivity contribution in [2.45, 2.75) is 78.7 Å². The number of nitrogens with one attached hydrogen (secondary N) is 1. The molecule has 186 valence electrons. The van der Waals surface area contributed by atoms with Gasteiger partial charge in [0.2, 0.25) is 0 Å². The number of hydrazone groups is 1. The summed E-state index contributed by atoms with van der Waals surface area (Å²) in [5.74, 6) is 1.63. The van der Waals surface area contributed by atoms with Crippen LogP contribution >= 0.6 is 0 Å². The predicted molar refractivity (Wildman–Crippen MR) is 141 cm³/mol. The fraction of sp³-hybridized carbons (Fsp3) is 0.567. The van der Waals surface area contributed by atoms with Gasteiger partial charge in [-0.3, -0.25) is 10.2 Å². The van der Waals surface area contributed by atoms with Crippen molar-refractivity contribution in [1.29, 1.82) is 5.26 Å². The quantitative estimate of drug-likeness (QED) is 0.208. The molecule has 0 aromatic heterocycles. The van der Waals surface area contributed by atoms with Gasteiger partial charge in [-0.1, -0.05) is 37.6 Å². The first kappa shape index (κ1) is 25.2. The molecule has 2 saturated carbocycles. The number of carbonyl (C=O) groups excluding carboxylic acids is 1. The Kier molecular flexibility index (Phi) is 7.50. The fourth-order valence-electron chi connectivity index (χ4n) is 7.25. The first-order chi connectivity index (χ1) is 16.8. The predicted octanol–water partition coefficient (Wildman–Crippen LogP) is 7.02. The van der Waals surface area contributed by atoms with E-state index in [9.17, 15) is 4.79 Å². The number of benzene rings is 1. The summed E-state index contributed by atoms with van der Waals surface area (Å²) in [6.07, 6.45) is 16.6. The molecule has 2 fully saturated rings. The second kappa shape index (κ2) is 10.4. The van der Waals surface area contributed by atoms with Gasteiger partial charge in [0, 0.05) is 19.6 Å². The van der Waals surface area contributed by atoms with Gasteiger partial charge in [-0.05, 0) is 98.3 Å². The Hall–Kier alpha value is -2.87. The van der Waals surface area contributed by atoms with Crippen LogP contribution in [0, 0.1) is 39.9 Å². The van der Waals surface area contributed by atoms with Crippen LogP contribution in [-0.2, 0) is 9.53 Å². The van der Waals surface area contributed by atoms with Crippen molar-refractivity contribution >= 4 is 17.9 Å². The van der Waals surface area contributed by atoms with Crippen LogP contribution in [-0.4, -0.2) is 18.3 Å². The highest BCUT2D eigenvalue weighted by Crippen LogP contribution is 2.62. The summed E-state index contributed by atoms with van der Waals surface area (Å²) in [6.45, 7) is 8.54. The van der Waals surface area contributed by atoms with Crippen molar-refractivity contribution < 1.29 is 9.53 Å². The second-order valence-corrected chi connectivity index (χ2v) is 11.1. The molecule has 6 atom stereocenters. The lowest BCUT2D eigenvalue weighted by atomic mass is 9.47. The number of ether oxygens (including phenoxy) is 1. The molecule has 0 unspecified atom stereocenters. The third-order valence-electron chi connectivity index (χ3n) is 9.03. The summed E-state index contributed by atoms with van der Waals surface area (Å²) in [5.41, 5.74) is 6.54. The molecular weight excluding hydrogens is 434 g/mol. The van der Waals surface area contributed by atoms with Gasteiger partial charge in [-0.25, -0.2) is 0 Å². The molecule has 3 aliphatic rings. The maximum absolute atomic E-state index is 11.5. The topological polar surface area (TPSA) is 74.5 Å². The van der Waals surface area contributed by atoms with Crippen molar-refractivity contribution in [2.24, 2.45) is 33.7 Å². The van der Waals surface area contributed by atoms with E-state index in [1.807, 2.05) is 18.3 Å². The number of carbonyl (C=O) groups is 1. The van der Waals surface area contributed by atoms with Crippen molar-refractivity contribution in [1.82, 2.24) is 0 Å². The van der Waals surface area contributed by atoms with E-state index in [4.69, 9.17) is 10.00 Å². The standard InChI is InChI=1S/C30H39N3O2/c1-5-15-29(3)16-13-28-26(11-8-23-19-25(35-21(2)34)12-17-30(23,28)4)27(29)14-18-32-33-24-9-6-22(20-31)7-10-24/h5-10,15,18,25-28,33H,11-14,16-17,19H2,1-4H3/b15-5+,32-18+/t25-,26-,27-,28-,29-,30-/m0/s1. The van der Waals surface area contributed by atoms with E-state index in [1.54, 1.807) is 12.1 Å². The third kappa shape index (κ3) is 5.22. The Labute approximate surface area is 210 Å².